The van der Waals surface area contributed by atoms with Gasteiger partial charge in [0.15, 0.2) is 0 Å². The van der Waals surface area contributed by atoms with Crippen molar-refractivity contribution in [2.45, 2.75) is 123 Å². The Balaban J connectivity index is 1.28. The van der Waals surface area contributed by atoms with E-state index in [0.717, 1.165) is 37.0 Å². The van der Waals surface area contributed by atoms with E-state index in [4.69, 9.17) is 9.47 Å². The molecule has 0 radical (unpaired) electrons. The molecule has 4 heteroatoms. The number of unbranched alkanes of at least 4 members (excludes halogenated alkanes) is 4. The summed E-state index contributed by atoms with van der Waals surface area (Å²) in [5.41, 5.74) is 0. The Morgan fingerprint density at radius 1 is 0.794 bits per heavy atom. The molecule has 3 rings (SSSR count). The van der Waals surface area contributed by atoms with E-state index in [1.807, 2.05) is 0 Å². The summed E-state index contributed by atoms with van der Waals surface area (Å²) in [5.74, 6) is 3.85. The highest BCUT2D eigenvalue weighted by atomic mass is 16.5. The van der Waals surface area contributed by atoms with Gasteiger partial charge in [-0.15, -0.1) is 0 Å². The van der Waals surface area contributed by atoms with Gasteiger partial charge < -0.3 is 9.47 Å². The van der Waals surface area contributed by atoms with Crippen molar-refractivity contribution in [3.05, 3.63) is 18.3 Å². The fourth-order valence-corrected chi connectivity index (χ4v) is 5.88. The van der Waals surface area contributed by atoms with Gasteiger partial charge in [0.1, 0.15) is 5.75 Å². The van der Waals surface area contributed by atoms with E-state index in [9.17, 15) is 4.79 Å². The zero-order valence-electron chi connectivity index (χ0n) is 21.9. The molecule has 0 atom stereocenters. The van der Waals surface area contributed by atoms with Gasteiger partial charge in [0.2, 0.25) is 5.88 Å². The lowest BCUT2D eigenvalue weighted by molar-refractivity contribution is -0.140. The number of carbonyl (C=O) groups excluding carboxylic acids is 1. The largest absolute Gasteiger partial charge is 0.478 e. The minimum absolute atomic E-state index is 0.0414. The number of pyridine rings is 1. The molecule has 0 N–H and O–H groups in total. The van der Waals surface area contributed by atoms with Crippen molar-refractivity contribution < 1.29 is 14.3 Å². The first kappa shape index (κ1) is 27.0. The fourth-order valence-electron chi connectivity index (χ4n) is 5.88. The molecule has 0 amide bonds. The molecule has 0 spiro atoms. The van der Waals surface area contributed by atoms with Gasteiger partial charge in [-0.25, -0.2) is 4.98 Å². The summed E-state index contributed by atoms with van der Waals surface area (Å²) in [6, 6.07) is 3.60. The first-order valence-corrected chi connectivity index (χ1v) is 14.5. The highest BCUT2D eigenvalue weighted by Crippen LogP contribution is 2.38. The van der Waals surface area contributed by atoms with E-state index >= 15 is 0 Å². The van der Waals surface area contributed by atoms with Gasteiger partial charge in [0, 0.05) is 6.07 Å². The van der Waals surface area contributed by atoms with Gasteiger partial charge >= 0.3 is 5.97 Å². The van der Waals surface area contributed by atoms with Crippen LogP contribution < -0.4 is 9.47 Å². The molecular formula is C30H49NO3. The average Bonchev–Trinajstić information content (AvgIpc) is 2.88. The van der Waals surface area contributed by atoms with Gasteiger partial charge in [-0.3, -0.25) is 4.79 Å². The van der Waals surface area contributed by atoms with E-state index in [-0.39, 0.29) is 11.9 Å². The summed E-state index contributed by atoms with van der Waals surface area (Å²) < 4.78 is 11.3. The van der Waals surface area contributed by atoms with E-state index < -0.39 is 0 Å². The lowest BCUT2D eigenvalue weighted by Gasteiger charge is -2.31. The fraction of sp³-hybridized carbons (Fsp3) is 0.800. The third-order valence-corrected chi connectivity index (χ3v) is 8.27. The van der Waals surface area contributed by atoms with Crippen LogP contribution in [-0.2, 0) is 4.79 Å². The van der Waals surface area contributed by atoms with Crippen LogP contribution in [0.15, 0.2) is 18.3 Å². The van der Waals surface area contributed by atoms with Crippen molar-refractivity contribution in [2.75, 3.05) is 6.61 Å². The molecule has 2 aliphatic rings. The zero-order chi connectivity index (χ0) is 24.0. The minimum Gasteiger partial charge on any atom is -0.478 e. The van der Waals surface area contributed by atoms with E-state index in [2.05, 4.69) is 18.8 Å². The van der Waals surface area contributed by atoms with Crippen LogP contribution in [0.2, 0.25) is 0 Å². The Morgan fingerprint density at radius 3 is 2.00 bits per heavy atom. The lowest BCUT2D eigenvalue weighted by Crippen LogP contribution is -2.26. The van der Waals surface area contributed by atoms with Crippen LogP contribution in [0.5, 0.6) is 11.6 Å². The van der Waals surface area contributed by atoms with Crippen LogP contribution in [0.4, 0.5) is 0 Å². The Labute approximate surface area is 208 Å². The molecule has 34 heavy (non-hydrogen) atoms. The first-order chi connectivity index (χ1) is 16.7. The van der Waals surface area contributed by atoms with Gasteiger partial charge in [-0.1, -0.05) is 90.9 Å². The molecule has 0 aromatic carbocycles. The van der Waals surface area contributed by atoms with Crippen LogP contribution in [0.25, 0.3) is 0 Å². The molecular weight excluding hydrogens is 422 g/mol. The van der Waals surface area contributed by atoms with Crippen LogP contribution in [0.1, 0.15) is 123 Å². The number of hydrogen-bond donors (Lipinski definition) is 0. The Bertz CT molecular complexity index is 673. The number of esters is 1. The molecule has 0 aliphatic heterocycles. The Kier molecular flexibility index (Phi) is 12.3. The average molecular weight is 472 g/mol. The predicted octanol–water partition coefficient (Wildman–Crippen LogP) is 8.53. The molecule has 0 unspecified atom stereocenters. The highest BCUT2D eigenvalue weighted by molar-refractivity contribution is 5.75. The van der Waals surface area contributed by atoms with Crippen LogP contribution in [0.3, 0.4) is 0 Å². The van der Waals surface area contributed by atoms with Gasteiger partial charge in [0.05, 0.1) is 18.7 Å². The Morgan fingerprint density at radius 2 is 1.41 bits per heavy atom. The number of hydrogen-bond acceptors (Lipinski definition) is 4. The first-order valence-electron chi connectivity index (χ1n) is 14.5. The quantitative estimate of drug-likeness (QED) is 0.201. The second kappa shape index (κ2) is 15.4. The maximum Gasteiger partial charge on any atom is 0.314 e. The molecule has 2 fully saturated rings. The summed E-state index contributed by atoms with van der Waals surface area (Å²) in [6.45, 7) is 5.20. The summed E-state index contributed by atoms with van der Waals surface area (Å²) in [4.78, 5) is 17.0. The van der Waals surface area contributed by atoms with Crippen molar-refractivity contribution in [1.29, 1.82) is 0 Å². The zero-order valence-corrected chi connectivity index (χ0v) is 21.9. The topological polar surface area (TPSA) is 48.4 Å². The monoisotopic (exact) mass is 471 g/mol. The van der Waals surface area contributed by atoms with Gasteiger partial charge in [-0.2, -0.15) is 0 Å². The molecule has 1 aromatic rings. The molecule has 4 nitrogen and oxygen atoms in total. The maximum atomic E-state index is 12.7. The molecule has 1 aromatic heterocycles. The van der Waals surface area contributed by atoms with Crippen LogP contribution in [-0.4, -0.2) is 17.6 Å². The van der Waals surface area contributed by atoms with E-state index in [1.54, 1.807) is 18.3 Å². The third-order valence-electron chi connectivity index (χ3n) is 8.27. The molecule has 2 saturated carbocycles. The second-order valence-corrected chi connectivity index (χ2v) is 11.0. The number of carbonyl (C=O) groups is 1. The van der Waals surface area contributed by atoms with Crippen LogP contribution in [0, 0.1) is 23.7 Å². The molecule has 2 aliphatic carbocycles. The summed E-state index contributed by atoms with van der Waals surface area (Å²) in [6.07, 6.45) is 23.4. The molecule has 0 bridgehead atoms. The normalized spacial score (nSPS) is 25.1. The van der Waals surface area contributed by atoms with Gasteiger partial charge in [0.25, 0.3) is 0 Å². The van der Waals surface area contributed by atoms with Crippen molar-refractivity contribution in [1.82, 2.24) is 4.98 Å². The van der Waals surface area contributed by atoms with E-state index in [1.165, 1.54) is 89.9 Å². The summed E-state index contributed by atoms with van der Waals surface area (Å²) in [7, 11) is 0. The summed E-state index contributed by atoms with van der Waals surface area (Å²) in [5, 5.41) is 0. The maximum absolute atomic E-state index is 12.7. The number of rotatable bonds is 14. The van der Waals surface area contributed by atoms with Crippen molar-refractivity contribution >= 4 is 5.97 Å². The van der Waals surface area contributed by atoms with Crippen molar-refractivity contribution in [3.63, 3.8) is 0 Å². The highest BCUT2D eigenvalue weighted by Gasteiger charge is 2.29. The smallest absolute Gasteiger partial charge is 0.314 e. The number of ether oxygens (including phenoxy) is 2. The standard InChI is InChI=1S/C30H49NO3/c1-3-5-7-8-22-33-29-21-20-28(23-31-29)34-30(32)27-18-16-26(17-19-27)15-14-25-12-10-24(11-13-25)9-6-4-2/h20-21,23-27H,3-19,22H2,1-2H3. The molecule has 0 saturated heterocycles. The lowest BCUT2D eigenvalue weighted by atomic mass is 9.75. The third kappa shape index (κ3) is 9.58. The predicted molar refractivity (Wildman–Crippen MR) is 139 cm³/mol. The van der Waals surface area contributed by atoms with Gasteiger partial charge in [-0.05, 0) is 55.9 Å². The second-order valence-electron chi connectivity index (χ2n) is 11.0. The van der Waals surface area contributed by atoms with Crippen molar-refractivity contribution in [2.24, 2.45) is 23.7 Å². The molecule has 192 valence electrons. The molecule has 1 heterocycles. The Hall–Kier alpha value is -1.58. The van der Waals surface area contributed by atoms with Crippen molar-refractivity contribution in [3.8, 4) is 11.6 Å². The minimum atomic E-state index is -0.0844. The number of nitrogens with zero attached hydrogens (tertiary/aromatic N) is 1. The van der Waals surface area contributed by atoms with E-state index in [0.29, 0.717) is 18.2 Å². The SMILES string of the molecule is CCCCCCOc1ccc(OC(=O)C2CCC(CCC3CCC(CCCC)CC3)CC2)cn1. The summed E-state index contributed by atoms with van der Waals surface area (Å²) >= 11 is 0. The van der Waals surface area contributed by atoms with Crippen LogP contribution >= 0.6 is 0 Å². The number of aromatic nitrogens is 1.